The van der Waals surface area contributed by atoms with Gasteiger partial charge in [0.25, 0.3) is 0 Å². The van der Waals surface area contributed by atoms with Gasteiger partial charge in [-0.05, 0) is 0 Å². The number of hydrogen-bond donors (Lipinski definition) is 0. The fraction of sp³-hybridized carbons (Fsp3) is 0. The Morgan fingerprint density at radius 1 is 1.25 bits per heavy atom. The molecule has 0 heterocycles. The van der Waals surface area contributed by atoms with Gasteiger partial charge in [0.15, 0.2) is 0 Å². The molecular formula is GdO2Zr. The van der Waals surface area contributed by atoms with Crippen LogP contribution >= 0.6 is 0 Å². The Morgan fingerprint density at radius 2 is 1.25 bits per heavy atom. The van der Waals surface area contributed by atoms with Crippen LogP contribution in [0, 0.1) is 38.0 Å². The zero-order chi connectivity index (χ0) is 4.00. The Labute approximate surface area is 65.4 Å². The van der Waals surface area contributed by atoms with Crippen molar-refractivity contribution in [2.24, 2.45) is 0 Å². The van der Waals surface area contributed by atoms with E-state index in [1.54, 1.807) is 0 Å². The molecular weight excluding hydrogens is 280 g/mol. The van der Waals surface area contributed by atoms with Crippen molar-refractivity contribution in [2.75, 3.05) is 0 Å². The summed E-state index contributed by atoms with van der Waals surface area (Å²) >= 11 is 0.911. The summed E-state index contributed by atoms with van der Waals surface area (Å²) in [5, 5.41) is 0. The van der Waals surface area contributed by atoms with Crippen LogP contribution in [-0.4, -0.2) is 0 Å². The van der Waals surface area contributed by atoms with Crippen LogP contribution in [0.2, 0.25) is 0 Å². The topological polar surface area (TPSA) is 34.1 Å². The Kier molecular flexibility index (Phi) is 49.4. The Bertz CT molecular complexity index is 8.00. The van der Waals surface area contributed by atoms with E-state index in [9.17, 15) is 0 Å². The molecule has 0 aromatic rings. The molecule has 0 radical (unpaired) electrons. The molecule has 0 saturated carbocycles. The summed E-state index contributed by atoms with van der Waals surface area (Å²) in [6.07, 6.45) is 0. The molecule has 0 amide bonds. The van der Waals surface area contributed by atoms with Crippen molar-refractivity contribution < 1.29 is 66.7 Å². The second-order valence-corrected chi connectivity index (χ2v) is 0. The molecule has 0 bridgehead atoms. The van der Waals surface area contributed by atoms with Gasteiger partial charge in [0, 0.05) is 0 Å². The molecule has 0 saturated heterocycles. The van der Waals surface area contributed by atoms with Crippen LogP contribution in [0.1, 0.15) is 0 Å². The molecule has 0 unspecified atom stereocenters. The molecule has 0 aliphatic rings. The maximum absolute atomic E-state index is 8.34. The van der Waals surface area contributed by atoms with E-state index in [0.29, 0.717) is 62.7 Å². The summed E-state index contributed by atoms with van der Waals surface area (Å²) in [5.41, 5.74) is 0. The molecule has 24 valence electrons. The molecule has 0 atom stereocenters. The second kappa shape index (κ2) is 21.3. The molecule has 0 aliphatic heterocycles. The number of rotatable bonds is 0. The van der Waals surface area contributed by atoms with Crippen LogP contribution in [0.15, 0.2) is 0 Å². The van der Waals surface area contributed by atoms with Crippen LogP contribution in [0.25, 0.3) is 0 Å². The average molecular weight is 280 g/mol. The first-order valence-corrected chi connectivity index (χ1v) is 2.28. The first-order chi connectivity index (χ1) is 2.00. The van der Waals surface area contributed by atoms with Gasteiger partial charge in [-0.25, -0.2) is 0 Å². The molecule has 2 nitrogen and oxygen atoms in total. The monoisotopic (exact) mass is 280 g/mol. The van der Waals surface area contributed by atoms with E-state index < -0.39 is 0 Å². The van der Waals surface area contributed by atoms with E-state index in [0.717, 1.165) is 0 Å². The quantitative estimate of drug-likeness (QED) is 0.614. The van der Waals surface area contributed by atoms with Gasteiger partial charge in [-0.3, -0.25) is 0 Å². The molecule has 0 N–H and O–H groups in total. The Balaban J connectivity index is 0. The molecule has 0 aliphatic carbocycles. The first kappa shape index (κ1) is 9.26. The van der Waals surface area contributed by atoms with Crippen LogP contribution in [0.3, 0.4) is 0 Å². The van der Waals surface area contributed by atoms with Crippen molar-refractivity contribution in [3.8, 4) is 0 Å². The SMILES string of the molecule is [O]=[Gd].[O]=[Zr]. The standard InChI is InChI=1S/Gd.2O.Zr. The normalized spacial score (nSPS) is 2.00. The van der Waals surface area contributed by atoms with E-state index in [4.69, 9.17) is 3.98 Å². The molecule has 0 rings (SSSR count). The van der Waals surface area contributed by atoms with Crippen molar-refractivity contribution in [3.63, 3.8) is 0 Å². The third kappa shape index (κ3) is 9.19. The third-order valence-electron chi connectivity index (χ3n) is 0. The third-order valence-corrected chi connectivity index (χ3v) is 0. The molecule has 4 heteroatoms. The fourth-order valence-corrected chi connectivity index (χ4v) is 0. The summed E-state index contributed by atoms with van der Waals surface area (Å²) in [7, 11) is 0. The maximum atomic E-state index is 8.34. The summed E-state index contributed by atoms with van der Waals surface area (Å²) in [4.78, 5) is 0. The molecule has 0 aromatic heterocycles. The minimum atomic E-state index is 0.300. The van der Waals surface area contributed by atoms with Crippen molar-refractivity contribution >= 4 is 0 Å². The van der Waals surface area contributed by atoms with Gasteiger partial charge in [-0.1, -0.05) is 0 Å². The van der Waals surface area contributed by atoms with Gasteiger partial charge in [0.05, 0.1) is 0 Å². The van der Waals surface area contributed by atoms with Crippen LogP contribution < -0.4 is 0 Å². The van der Waals surface area contributed by atoms with Crippen LogP contribution in [0.4, 0.5) is 0 Å². The predicted molar refractivity (Wildman–Crippen MR) is 1.37 cm³/mol. The van der Waals surface area contributed by atoms with Gasteiger partial charge in [-0.2, -0.15) is 0 Å². The van der Waals surface area contributed by atoms with Gasteiger partial charge >= 0.3 is 66.7 Å². The summed E-state index contributed by atoms with van der Waals surface area (Å²) < 4.78 is 16.6. The fourth-order valence-electron chi connectivity index (χ4n) is 0. The van der Waals surface area contributed by atoms with E-state index in [-0.39, 0.29) is 0 Å². The zero-order valence-electron chi connectivity index (χ0n) is 1.67. The average Bonchev–Trinajstić information content (AvgIpc) is 1.50. The first-order valence-electron chi connectivity index (χ1n) is 0.348. The van der Waals surface area contributed by atoms with E-state index in [2.05, 4.69) is 0 Å². The van der Waals surface area contributed by atoms with Gasteiger partial charge in [-0.15, -0.1) is 0 Å². The second-order valence-electron chi connectivity index (χ2n) is 0. The number of hydrogen-bond acceptors (Lipinski definition) is 2. The minimum absolute atomic E-state index is 0.300. The van der Waals surface area contributed by atoms with Crippen LogP contribution in [0.5, 0.6) is 0 Å². The molecule has 4 heavy (non-hydrogen) atoms. The van der Waals surface area contributed by atoms with E-state index in [1.807, 2.05) is 0 Å². The molecule has 0 fully saturated rings. The predicted octanol–water partition coefficient (Wildman–Crippen LogP) is -0.240. The molecule has 0 spiro atoms. The van der Waals surface area contributed by atoms with Crippen molar-refractivity contribution in [2.45, 2.75) is 0 Å². The van der Waals surface area contributed by atoms with E-state index >= 15 is 0 Å². The zero-order valence-corrected chi connectivity index (χ0v) is 6.40. The Morgan fingerprint density at radius 3 is 1.25 bits per heavy atom. The summed E-state index contributed by atoms with van der Waals surface area (Å²) in [5.74, 6) is 0. The summed E-state index contributed by atoms with van der Waals surface area (Å²) in [6.45, 7) is 0. The van der Waals surface area contributed by atoms with Gasteiger partial charge < -0.3 is 0 Å². The van der Waals surface area contributed by atoms with Crippen LogP contribution in [-0.2, 0) is 28.7 Å². The summed E-state index contributed by atoms with van der Waals surface area (Å²) in [6, 6.07) is 0. The van der Waals surface area contributed by atoms with Gasteiger partial charge in [0.2, 0.25) is 0 Å². The Hall–Kier alpha value is 1.81. The van der Waals surface area contributed by atoms with Crippen molar-refractivity contribution in [1.29, 1.82) is 0 Å². The van der Waals surface area contributed by atoms with Crippen molar-refractivity contribution in [3.05, 3.63) is 0 Å². The van der Waals surface area contributed by atoms with E-state index in [1.165, 1.54) is 0 Å². The van der Waals surface area contributed by atoms with Crippen molar-refractivity contribution in [1.82, 2.24) is 0 Å². The van der Waals surface area contributed by atoms with Gasteiger partial charge in [0.1, 0.15) is 0 Å². The molecule has 0 aromatic carbocycles.